The smallest absolute Gasteiger partial charge is 0.243 e. The highest BCUT2D eigenvalue weighted by Gasteiger charge is 1.97. The molecule has 1 N–H and O–H groups in total. The summed E-state index contributed by atoms with van der Waals surface area (Å²) in [6.07, 6.45) is 1.27. The van der Waals surface area contributed by atoms with Gasteiger partial charge >= 0.3 is 0 Å². The second-order valence-corrected chi connectivity index (χ2v) is 3.48. The highest BCUT2D eigenvalue weighted by atomic mass is 16.1. The zero-order valence-corrected chi connectivity index (χ0v) is 9.16. The first-order valence-electron chi connectivity index (χ1n) is 4.80. The van der Waals surface area contributed by atoms with Crippen molar-refractivity contribution in [2.45, 2.75) is 6.54 Å². The van der Waals surface area contributed by atoms with Crippen LogP contribution >= 0.6 is 0 Å². The van der Waals surface area contributed by atoms with Crippen molar-refractivity contribution in [3.05, 3.63) is 42.5 Å². The van der Waals surface area contributed by atoms with Gasteiger partial charge in [0, 0.05) is 26.3 Å². The normalized spacial score (nSPS) is 9.47. The molecule has 1 aromatic carbocycles. The Balaban J connectivity index is 2.57. The molecule has 0 radical (unpaired) electrons. The molecule has 1 aromatic rings. The summed E-state index contributed by atoms with van der Waals surface area (Å²) < 4.78 is 0. The van der Waals surface area contributed by atoms with Gasteiger partial charge in [-0.05, 0) is 23.8 Å². The first-order chi connectivity index (χ1) is 7.13. The average Bonchev–Trinajstić information content (AvgIpc) is 2.26. The number of nitrogens with one attached hydrogen (secondary N) is 1. The maximum atomic E-state index is 10.9. The molecule has 0 bridgehead atoms. The average molecular weight is 204 g/mol. The van der Waals surface area contributed by atoms with Gasteiger partial charge in [0.15, 0.2) is 0 Å². The lowest BCUT2D eigenvalue weighted by molar-refractivity contribution is -0.116. The predicted molar refractivity (Wildman–Crippen MR) is 62.8 cm³/mol. The van der Waals surface area contributed by atoms with Crippen molar-refractivity contribution in [1.29, 1.82) is 0 Å². The maximum Gasteiger partial charge on any atom is 0.243 e. The first kappa shape index (κ1) is 11.3. The van der Waals surface area contributed by atoms with Crippen LogP contribution in [0.25, 0.3) is 0 Å². The first-order valence-corrected chi connectivity index (χ1v) is 4.80. The molecule has 0 atom stereocenters. The molecule has 0 aliphatic rings. The van der Waals surface area contributed by atoms with Gasteiger partial charge in [0.2, 0.25) is 5.91 Å². The van der Waals surface area contributed by atoms with Gasteiger partial charge < -0.3 is 10.2 Å². The van der Waals surface area contributed by atoms with Gasteiger partial charge in [0.25, 0.3) is 0 Å². The number of carbonyl (C=O) groups is 1. The molecule has 0 spiro atoms. The third kappa shape index (κ3) is 3.46. The highest BCUT2D eigenvalue weighted by Crippen LogP contribution is 2.11. The van der Waals surface area contributed by atoms with Gasteiger partial charge in [-0.3, -0.25) is 4.79 Å². The Morgan fingerprint density at radius 3 is 2.47 bits per heavy atom. The van der Waals surface area contributed by atoms with E-state index in [-0.39, 0.29) is 5.91 Å². The molecule has 0 unspecified atom stereocenters. The summed E-state index contributed by atoms with van der Waals surface area (Å²) in [5, 5.41) is 2.73. The van der Waals surface area contributed by atoms with Crippen molar-refractivity contribution < 1.29 is 4.79 Å². The Bertz CT molecular complexity index is 341. The Kier molecular flexibility index (Phi) is 3.92. The lowest BCUT2D eigenvalue weighted by atomic mass is 10.2. The molecule has 0 saturated carbocycles. The number of amides is 1. The van der Waals surface area contributed by atoms with Crippen LogP contribution in [0.4, 0.5) is 5.69 Å². The van der Waals surface area contributed by atoms with Gasteiger partial charge in [-0.15, -0.1) is 0 Å². The largest absolute Gasteiger partial charge is 0.378 e. The van der Waals surface area contributed by atoms with Gasteiger partial charge in [-0.1, -0.05) is 18.7 Å². The number of rotatable bonds is 4. The molecule has 0 aliphatic carbocycles. The minimum Gasteiger partial charge on any atom is -0.378 e. The fourth-order valence-corrected chi connectivity index (χ4v) is 1.17. The van der Waals surface area contributed by atoms with E-state index in [1.54, 1.807) is 0 Å². The molecule has 1 amide bonds. The SMILES string of the molecule is C=CC(=O)NCc1ccc(N(C)C)cc1. The summed E-state index contributed by atoms with van der Waals surface area (Å²) in [4.78, 5) is 13.0. The van der Waals surface area contributed by atoms with Crippen LogP contribution in [0.1, 0.15) is 5.56 Å². The Morgan fingerprint density at radius 1 is 1.40 bits per heavy atom. The summed E-state index contributed by atoms with van der Waals surface area (Å²) in [6.45, 7) is 3.93. The van der Waals surface area contributed by atoms with Crippen molar-refractivity contribution >= 4 is 11.6 Å². The van der Waals surface area contributed by atoms with Gasteiger partial charge in [0.05, 0.1) is 0 Å². The number of hydrogen-bond acceptors (Lipinski definition) is 2. The van der Waals surface area contributed by atoms with E-state index in [0.29, 0.717) is 6.54 Å². The van der Waals surface area contributed by atoms with Gasteiger partial charge in [0.1, 0.15) is 0 Å². The Hall–Kier alpha value is -1.77. The molecule has 1 rings (SSSR count). The van der Waals surface area contributed by atoms with Gasteiger partial charge in [-0.2, -0.15) is 0 Å². The van der Waals surface area contributed by atoms with Crippen LogP contribution in [-0.2, 0) is 11.3 Å². The molecule has 15 heavy (non-hydrogen) atoms. The quantitative estimate of drug-likeness (QED) is 0.755. The monoisotopic (exact) mass is 204 g/mol. The van der Waals surface area contributed by atoms with E-state index in [1.807, 2.05) is 43.3 Å². The predicted octanol–water partition coefficient (Wildman–Crippen LogP) is 1.55. The van der Waals surface area contributed by atoms with Crippen LogP contribution in [-0.4, -0.2) is 20.0 Å². The van der Waals surface area contributed by atoms with Crippen molar-refractivity contribution in [3.8, 4) is 0 Å². The Morgan fingerprint density at radius 2 is 2.00 bits per heavy atom. The van der Waals surface area contributed by atoms with E-state index in [0.717, 1.165) is 11.3 Å². The lowest BCUT2D eigenvalue weighted by Gasteiger charge is -2.12. The molecule has 0 aromatic heterocycles. The van der Waals surface area contributed by atoms with E-state index in [2.05, 4.69) is 11.9 Å². The standard InChI is InChI=1S/C12H16N2O/c1-4-12(15)13-9-10-5-7-11(8-6-10)14(2)3/h4-8H,1,9H2,2-3H3,(H,13,15). The van der Waals surface area contributed by atoms with Crippen LogP contribution in [0.15, 0.2) is 36.9 Å². The molecule has 80 valence electrons. The van der Waals surface area contributed by atoms with E-state index < -0.39 is 0 Å². The van der Waals surface area contributed by atoms with Gasteiger partial charge in [-0.25, -0.2) is 0 Å². The molecule has 3 heteroatoms. The van der Waals surface area contributed by atoms with Crippen molar-refractivity contribution in [1.82, 2.24) is 5.32 Å². The number of hydrogen-bond donors (Lipinski definition) is 1. The second-order valence-electron chi connectivity index (χ2n) is 3.48. The molecule has 0 heterocycles. The zero-order chi connectivity index (χ0) is 11.3. The van der Waals surface area contributed by atoms with E-state index in [4.69, 9.17) is 0 Å². The van der Waals surface area contributed by atoms with Crippen molar-refractivity contribution in [3.63, 3.8) is 0 Å². The van der Waals surface area contributed by atoms with Crippen LogP contribution in [0.5, 0.6) is 0 Å². The minimum atomic E-state index is -0.147. The third-order valence-electron chi connectivity index (χ3n) is 2.10. The van der Waals surface area contributed by atoms with Crippen LogP contribution < -0.4 is 10.2 Å². The molecule has 3 nitrogen and oxygen atoms in total. The fraction of sp³-hybridized carbons (Fsp3) is 0.250. The number of anilines is 1. The van der Waals surface area contributed by atoms with Crippen molar-refractivity contribution in [2.75, 3.05) is 19.0 Å². The zero-order valence-electron chi connectivity index (χ0n) is 9.16. The van der Waals surface area contributed by atoms with E-state index >= 15 is 0 Å². The third-order valence-corrected chi connectivity index (χ3v) is 2.10. The van der Waals surface area contributed by atoms with E-state index in [1.165, 1.54) is 6.08 Å². The molecule has 0 fully saturated rings. The minimum absolute atomic E-state index is 0.147. The Labute approximate surface area is 90.4 Å². The molecule has 0 aliphatic heterocycles. The summed E-state index contributed by atoms with van der Waals surface area (Å²) in [5.41, 5.74) is 2.23. The second kappa shape index (κ2) is 5.20. The maximum absolute atomic E-state index is 10.9. The molecular formula is C12H16N2O. The lowest BCUT2D eigenvalue weighted by Crippen LogP contribution is -2.19. The molecular weight excluding hydrogens is 188 g/mol. The highest BCUT2D eigenvalue weighted by molar-refractivity contribution is 5.86. The van der Waals surface area contributed by atoms with Crippen LogP contribution in [0.3, 0.4) is 0 Å². The number of carbonyl (C=O) groups excluding carboxylic acids is 1. The van der Waals surface area contributed by atoms with Crippen LogP contribution in [0.2, 0.25) is 0 Å². The fourth-order valence-electron chi connectivity index (χ4n) is 1.17. The topological polar surface area (TPSA) is 32.3 Å². The summed E-state index contributed by atoms with van der Waals surface area (Å²) >= 11 is 0. The molecule has 0 saturated heterocycles. The van der Waals surface area contributed by atoms with E-state index in [9.17, 15) is 4.79 Å². The summed E-state index contributed by atoms with van der Waals surface area (Å²) in [7, 11) is 3.99. The summed E-state index contributed by atoms with van der Waals surface area (Å²) in [5.74, 6) is -0.147. The number of benzene rings is 1. The van der Waals surface area contributed by atoms with Crippen molar-refractivity contribution in [2.24, 2.45) is 0 Å². The van der Waals surface area contributed by atoms with Crippen LogP contribution in [0, 0.1) is 0 Å². The number of nitrogens with zero attached hydrogens (tertiary/aromatic N) is 1. The summed E-state index contributed by atoms with van der Waals surface area (Å²) in [6, 6.07) is 8.04.